The number of rotatable bonds is 6. The molecular weight excluding hydrogens is 264 g/mol. The third-order valence-electron chi connectivity index (χ3n) is 3.33. The molecule has 0 radical (unpaired) electrons. The van der Waals surface area contributed by atoms with Gasteiger partial charge in [-0.05, 0) is 38.0 Å². The topological polar surface area (TPSA) is 54.3 Å². The fourth-order valence-electron chi connectivity index (χ4n) is 2.41. The maximum absolute atomic E-state index is 12.3. The van der Waals surface area contributed by atoms with Crippen molar-refractivity contribution >= 4 is 5.91 Å². The summed E-state index contributed by atoms with van der Waals surface area (Å²) in [6.07, 6.45) is 2.03. The second-order valence-corrected chi connectivity index (χ2v) is 5.47. The van der Waals surface area contributed by atoms with Crippen molar-refractivity contribution in [3.05, 3.63) is 59.9 Å². The van der Waals surface area contributed by atoms with Crippen LogP contribution in [0.1, 0.15) is 36.3 Å². The lowest BCUT2D eigenvalue weighted by atomic mass is 10.1. The number of aliphatic hydroxyl groups is 1. The van der Waals surface area contributed by atoms with Crippen molar-refractivity contribution in [1.29, 1.82) is 0 Å². The summed E-state index contributed by atoms with van der Waals surface area (Å²) in [5.41, 5.74) is 1.79. The first kappa shape index (κ1) is 15.3. The number of nitrogens with one attached hydrogen (secondary N) is 1. The second kappa shape index (κ2) is 7.09. The monoisotopic (exact) mass is 286 g/mol. The highest BCUT2D eigenvalue weighted by molar-refractivity contribution is 5.92. The molecule has 0 spiro atoms. The molecule has 4 nitrogen and oxygen atoms in total. The van der Waals surface area contributed by atoms with Crippen LogP contribution in [-0.2, 0) is 6.54 Å². The molecular formula is C17H22N2O2. The zero-order chi connectivity index (χ0) is 15.2. The molecule has 0 saturated carbocycles. The quantitative estimate of drug-likeness (QED) is 0.857. The predicted molar refractivity (Wildman–Crippen MR) is 83.2 cm³/mol. The lowest BCUT2D eigenvalue weighted by Gasteiger charge is -2.16. The van der Waals surface area contributed by atoms with Crippen molar-refractivity contribution in [1.82, 2.24) is 9.88 Å². The highest BCUT2D eigenvalue weighted by Crippen LogP contribution is 2.09. The van der Waals surface area contributed by atoms with Crippen LogP contribution in [0, 0.1) is 0 Å². The molecule has 112 valence electrons. The number of benzene rings is 1. The molecule has 0 bridgehead atoms. The van der Waals surface area contributed by atoms with Crippen molar-refractivity contribution in [2.24, 2.45) is 0 Å². The highest BCUT2D eigenvalue weighted by Gasteiger charge is 2.14. The van der Waals surface area contributed by atoms with Crippen LogP contribution in [-0.4, -0.2) is 27.7 Å². The Morgan fingerprint density at radius 2 is 1.90 bits per heavy atom. The van der Waals surface area contributed by atoms with Gasteiger partial charge in [0, 0.05) is 18.8 Å². The summed E-state index contributed by atoms with van der Waals surface area (Å²) in [5, 5.41) is 12.3. The first-order valence-electron chi connectivity index (χ1n) is 7.24. The molecule has 2 rings (SSSR count). The Morgan fingerprint density at radius 3 is 2.57 bits per heavy atom. The predicted octanol–water partition coefficient (Wildman–Crippen LogP) is 2.43. The SMILES string of the molecule is CC(O)CC(C)NC(=O)c1cccn1Cc1ccccc1. The Morgan fingerprint density at radius 1 is 1.19 bits per heavy atom. The largest absolute Gasteiger partial charge is 0.393 e. The zero-order valence-corrected chi connectivity index (χ0v) is 12.5. The molecule has 2 atom stereocenters. The standard InChI is InChI=1S/C17H22N2O2/c1-13(11-14(2)20)18-17(21)16-9-6-10-19(16)12-15-7-4-3-5-8-15/h3-10,13-14,20H,11-12H2,1-2H3,(H,18,21). The molecule has 2 unspecified atom stereocenters. The van der Waals surface area contributed by atoms with Gasteiger partial charge in [-0.3, -0.25) is 4.79 Å². The minimum atomic E-state index is -0.420. The van der Waals surface area contributed by atoms with Gasteiger partial charge in [-0.15, -0.1) is 0 Å². The molecule has 0 aliphatic heterocycles. The number of hydrogen-bond donors (Lipinski definition) is 2. The highest BCUT2D eigenvalue weighted by atomic mass is 16.3. The van der Waals surface area contributed by atoms with E-state index in [0.717, 1.165) is 5.56 Å². The number of hydrogen-bond acceptors (Lipinski definition) is 2. The Hall–Kier alpha value is -2.07. The van der Waals surface area contributed by atoms with Gasteiger partial charge in [0.05, 0.1) is 6.10 Å². The number of carbonyl (C=O) groups excluding carboxylic acids is 1. The molecule has 0 aliphatic carbocycles. The van der Waals surface area contributed by atoms with E-state index < -0.39 is 6.10 Å². The van der Waals surface area contributed by atoms with Crippen molar-refractivity contribution in [3.63, 3.8) is 0 Å². The maximum Gasteiger partial charge on any atom is 0.268 e. The van der Waals surface area contributed by atoms with E-state index in [9.17, 15) is 9.90 Å². The van der Waals surface area contributed by atoms with Gasteiger partial charge in [-0.25, -0.2) is 0 Å². The van der Waals surface area contributed by atoms with E-state index in [4.69, 9.17) is 0 Å². The number of aromatic nitrogens is 1. The molecule has 1 heterocycles. The molecule has 1 aromatic heterocycles. The van der Waals surface area contributed by atoms with Crippen molar-refractivity contribution in [2.45, 2.75) is 39.0 Å². The molecule has 1 aromatic carbocycles. The summed E-state index contributed by atoms with van der Waals surface area (Å²) < 4.78 is 1.93. The molecule has 2 N–H and O–H groups in total. The van der Waals surface area contributed by atoms with Gasteiger partial charge in [0.25, 0.3) is 5.91 Å². The maximum atomic E-state index is 12.3. The van der Waals surface area contributed by atoms with Gasteiger partial charge < -0.3 is 15.0 Å². The Balaban J connectivity index is 2.04. The van der Waals surface area contributed by atoms with Crippen molar-refractivity contribution < 1.29 is 9.90 Å². The Labute approximate surface area is 125 Å². The summed E-state index contributed by atoms with van der Waals surface area (Å²) in [5.74, 6) is -0.107. The smallest absolute Gasteiger partial charge is 0.268 e. The van der Waals surface area contributed by atoms with Crippen LogP contribution in [0.4, 0.5) is 0 Å². The van der Waals surface area contributed by atoms with E-state index in [-0.39, 0.29) is 11.9 Å². The molecule has 0 fully saturated rings. The van der Waals surface area contributed by atoms with Crippen LogP contribution in [0.2, 0.25) is 0 Å². The third kappa shape index (κ3) is 4.46. The Bertz CT molecular complexity index is 575. The van der Waals surface area contributed by atoms with Crippen LogP contribution in [0.25, 0.3) is 0 Å². The molecule has 1 amide bonds. The van der Waals surface area contributed by atoms with Gasteiger partial charge in [0.2, 0.25) is 0 Å². The fourth-order valence-corrected chi connectivity index (χ4v) is 2.41. The lowest BCUT2D eigenvalue weighted by molar-refractivity contribution is 0.0914. The molecule has 0 saturated heterocycles. The first-order chi connectivity index (χ1) is 10.1. The minimum absolute atomic E-state index is 0.0578. The van der Waals surface area contributed by atoms with Gasteiger partial charge in [-0.2, -0.15) is 0 Å². The number of amides is 1. The van der Waals surface area contributed by atoms with Crippen molar-refractivity contribution in [2.75, 3.05) is 0 Å². The molecule has 2 aromatic rings. The summed E-state index contributed by atoms with van der Waals surface area (Å²) in [7, 11) is 0. The normalized spacial score (nSPS) is 13.7. The summed E-state index contributed by atoms with van der Waals surface area (Å²) in [6.45, 7) is 4.29. The van der Waals surface area contributed by atoms with Gasteiger partial charge in [0.1, 0.15) is 5.69 Å². The van der Waals surface area contributed by atoms with Gasteiger partial charge in [-0.1, -0.05) is 30.3 Å². The number of aliphatic hydroxyl groups excluding tert-OH is 1. The Kier molecular flexibility index (Phi) is 5.17. The summed E-state index contributed by atoms with van der Waals surface area (Å²) in [4.78, 5) is 12.3. The van der Waals surface area contributed by atoms with Crippen LogP contribution in [0.15, 0.2) is 48.7 Å². The van der Waals surface area contributed by atoms with Crippen LogP contribution >= 0.6 is 0 Å². The van der Waals surface area contributed by atoms with E-state index >= 15 is 0 Å². The van der Waals surface area contributed by atoms with E-state index in [1.807, 2.05) is 60.2 Å². The van der Waals surface area contributed by atoms with Gasteiger partial charge >= 0.3 is 0 Å². The second-order valence-electron chi connectivity index (χ2n) is 5.47. The third-order valence-corrected chi connectivity index (χ3v) is 3.33. The van der Waals surface area contributed by atoms with E-state index in [1.54, 1.807) is 6.92 Å². The number of carbonyl (C=O) groups is 1. The summed E-state index contributed by atoms with van der Waals surface area (Å²) >= 11 is 0. The van der Waals surface area contributed by atoms with Gasteiger partial charge in [0.15, 0.2) is 0 Å². The molecule has 0 aliphatic rings. The molecule has 4 heteroatoms. The van der Waals surface area contributed by atoms with Crippen LogP contribution < -0.4 is 5.32 Å². The summed E-state index contributed by atoms with van der Waals surface area (Å²) in [6, 6.07) is 13.7. The number of nitrogens with zero attached hydrogens (tertiary/aromatic N) is 1. The lowest BCUT2D eigenvalue weighted by Crippen LogP contribution is -2.35. The van der Waals surface area contributed by atoms with E-state index in [0.29, 0.717) is 18.7 Å². The fraction of sp³-hybridized carbons (Fsp3) is 0.353. The van der Waals surface area contributed by atoms with E-state index in [2.05, 4.69) is 5.32 Å². The van der Waals surface area contributed by atoms with E-state index in [1.165, 1.54) is 0 Å². The average Bonchev–Trinajstić information content (AvgIpc) is 2.87. The average molecular weight is 286 g/mol. The molecule has 21 heavy (non-hydrogen) atoms. The first-order valence-corrected chi connectivity index (χ1v) is 7.24. The van der Waals surface area contributed by atoms with Crippen LogP contribution in [0.3, 0.4) is 0 Å². The zero-order valence-electron chi connectivity index (χ0n) is 12.5. The minimum Gasteiger partial charge on any atom is -0.393 e. The van der Waals surface area contributed by atoms with Crippen molar-refractivity contribution in [3.8, 4) is 0 Å². The van der Waals surface area contributed by atoms with Crippen LogP contribution in [0.5, 0.6) is 0 Å².